The van der Waals surface area contributed by atoms with Crippen LogP contribution in [0.1, 0.15) is 30.1 Å². The fraction of sp³-hybridized carbons (Fsp3) is 0.600. The number of ether oxygens (including phenoxy) is 2. The smallest absolute Gasteiger partial charge is 0.0952 e. The molecule has 0 fully saturated rings. The normalized spacial score (nSPS) is 18.6. The van der Waals surface area contributed by atoms with Gasteiger partial charge in [-0.25, -0.2) is 0 Å². The Morgan fingerprint density at radius 2 is 2.22 bits per heavy atom. The third-order valence-corrected chi connectivity index (χ3v) is 3.37. The summed E-state index contributed by atoms with van der Waals surface area (Å²) in [6.07, 6.45) is 3.53. The Morgan fingerprint density at radius 3 is 3.11 bits per heavy atom. The highest BCUT2D eigenvalue weighted by molar-refractivity contribution is 5.31. The Labute approximate surface area is 109 Å². The topological polar surface area (TPSA) is 30.5 Å². The van der Waals surface area contributed by atoms with Crippen LogP contribution < -0.4 is 5.32 Å². The van der Waals surface area contributed by atoms with E-state index >= 15 is 0 Å². The van der Waals surface area contributed by atoms with Gasteiger partial charge in [0, 0.05) is 20.3 Å². The summed E-state index contributed by atoms with van der Waals surface area (Å²) >= 11 is 0. The molecule has 1 heterocycles. The molecule has 0 bridgehead atoms. The van der Waals surface area contributed by atoms with E-state index in [1.807, 2.05) is 0 Å². The second-order valence-corrected chi connectivity index (χ2v) is 4.71. The van der Waals surface area contributed by atoms with Gasteiger partial charge in [-0.1, -0.05) is 24.3 Å². The molecular formula is C15H23NO2. The fourth-order valence-electron chi connectivity index (χ4n) is 2.38. The van der Waals surface area contributed by atoms with Crippen molar-refractivity contribution in [1.29, 1.82) is 0 Å². The highest BCUT2D eigenvalue weighted by atomic mass is 16.5. The van der Waals surface area contributed by atoms with Gasteiger partial charge in [0.2, 0.25) is 0 Å². The number of hydrogen-bond acceptors (Lipinski definition) is 3. The molecule has 1 aliphatic rings. The minimum atomic E-state index is 0.220. The second kappa shape index (κ2) is 7.52. The minimum Gasteiger partial charge on any atom is -0.385 e. The quantitative estimate of drug-likeness (QED) is 0.752. The van der Waals surface area contributed by atoms with Gasteiger partial charge < -0.3 is 14.8 Å². The third kappa shape index (κ3) is 3.80. The van der Waals surface area contributed by atoms with Gasteiger partial charge in [-0.05, 0) is 36.9 Å². The summed E-state index contributed by atoms with van der Waals surface area (Å²) in [4.78, 5) is 0. The maximum Gasteiger partial charge on any atom is 0.0952 e. The van der Waals surface area contributed by atoms with E-state index in [-0.39, 0.29) is 6.10 Å². The zero-order valence-corrected chi connectivity index (χ0v) is 11.2. The number of unbranched alkanes of at least 4 members (excludes halogenated alkanes) is 1. The molecule has 0 spiro atoms. The largest absolute Gasteiger partial charge is 0.385 e. The Balaban J connectivity index is 1.74. The van der Waals surface area contributed by atoms with Gasteiger partial charge in [0.05, 0.1) is 12.7 Å². The first-order valence-corrected chi connectivity index (χ1v) is 6.81. The number of benzene rings is 1. The van der Waals surface area contributed by atoms with Gasteiger partial charge in [-0.3, -0.25) is 0 Å². The summed E-state index contributed by atoms with van der Waals surface area (Å²) in [5.74, 6) is 0. The van der Waals surface area contributed by atoms with E-state index in [0.717, 1.165) is 45.6 Å². The summed E-state index contributed by atoms with van der Waals surface area (Å²) in [5, 5.41) is 3.47. The number of fused-ring (bicyclic) bond motifs is 1. The maximum absolute atomic E-state index is 5.84. The van der Waals surface area contributed by atoms with E-state index in [2.05, 4.69) is 29.6 Å². The van der Waals surface area contributed by atoms with Crippen molar-refractivity contribution in [2.24, 2.45) is 0 Å². The van der Waals surface area contributed by atoms with Gasteiger partial charge in [0.15, 0.2) is 0 Å². The molecule has 1 aromatic carbocycles. The SMILES string of the molecule is COCCCCNCC1OCCc2ccccc21. The van der Waals surface area contributed by atoms with E-state index < -0.39 is 0 Å². The molecule has 18 heavy (non-hydrogen) atoms. The van der Waals surface area contributed by atoms with Crippen molar-refractivity contribution in [1.82, 2.24) is 5.32 Å². The zero-order chi connectivity index (χ0) is 12.6. The predicted octanol–water partition coefficient (Wildman–Crippen LogP) is 2.32. The van der Waals surface area contributed by atoms with Gasteiger partial charge >= 0.3 is 0 Å². The molecule has 1 unspecified atom stereocenters. The molecule has 1 aromatic rings. The summed E-state index contributed by atoms with van der Waals surface area (Å²) in [6, 6.07) is 8.60. The van der Waals surface area contributed by atoms with Crippen LogP contribution in [0, 0.1) is 0 Å². The van der Waals surface area contributed by atoms with Crippen LogP contribution in [-0.2, 0) is 15.9 Å². The fourth-order valence-corrected chi connectivity index (χ4v) is 2.38. The van der Waals surface area contributed by atoms with Crippen LogP contribution in [0.5, 0.6) is 0 Å². The van der Waals surface area contributed by atoms with Crippen LogP contribution in [0.25, 0.3) is 0 Å². The average Bonchev–Trinajstić information content (AvgIpc) is 2.43. The molecule has 2 rings (SSSR count). The van der Waals surface area contributed by atoms with Crippen LogP contribution in [0.4, 0.5) is 0 Å². The van der Waals surface area contributed by atoms with Crippen LogP contribution in [-0.4, -0.2) is 33.4 Å². The number of rotatable bonds is 7. The van der Waals surface area contributed by atoms with Gasteiger partial charge in [0.1, 0.15) is 0 Å². The van der Waals surface area contributed by atoms with Gasteiger partial charge in [-0.15, -0.1) is 0 Å². The summed E-state index contributed by atoms with van der Waals surface area (Å²) in [7, 11) is 1.75. The van der Waals surface area contributed by atoms with Crippen molar-refractivity contribution in [3.8, 4) is 0 Å². The molecule has 1 atom stereocenters. The van der Waals surface area contributed by atoms with E-state index in [4.69, 9.17) is 9.47 Å². The lowest BCUT2D eigenvalue weighted by molar-refractivity contribution is 0.0425. The Hall–Kier alpha value is -0.900. The maximum atomic E-state index is 5.84. The molecule has 0 radical (unpaired) electrons. The number of nitrogens with one attached hydrogen (secondary N) is 1. The van der Waals surface area contributed by atoms with Crippen molar-refractivity contribution in [3.05, 3.63) is 35.4 Å². The molecule has 0 aliphatic carbocycles. The number of methoxy groups -OCH3 is 1. The Morgan fingerprint density at radius 1 is 1.33 bits per heavy atom. The average molecular weight is 249 g/mol. The van der Waals surface area contributed by atoms with E-state index in [1.54, 1.807) is 7.11 Å². The molecule has 0 saturated heterocycles. The molecule has 1 N–H and O–H groups in total. The molecule has 0 saturated carbocycles. The van der Waals surface area contributed by atoms with E-state index in [0.29, 0.717) is 0 Å². The van der Waals surface area contributed by atoms with Crippen molar-refractivity contribution in [3.63, 3.8) is 0 Å². The molecule has 100 valence electrons. The first kappa shape index (κ1) is 13.5. The zero-order valence-electron chi connectivity index (χ0n) is 11.2. The third-order valence-electron chi connectivity index (χ3n) is 3.37. The lowest BCUT2D eigenvalue weighted by Crippen LogP contribution is -2.28. The standard InChI is InChI=1S/C15H23NO2/c1-17-10-5-4-9-16-12-15-14-7-3-2-6-13(14)8-11-18-15/h2-3,6-7,15-16H,4-5,8-12H2,1H3. The lowest BCUT2D eigenvalue weighted by Gasteiger charge is -2.26. The number of hydrogen-bond donors (Lipinski definition) is 1. The molecule has 3 nitrogen and oxygen atoms in total. The Bertz CT molecular complexity index is 354. The predicted molar refractivity (Wildman–Crippen MR) is 72.8 cm³/mol. The van der Waals surface area contributed by atoms with E-state index in [9.17, 15) is 0 Å². The monoisotopic (exact) mass is 249 g/mol. The van der Waals surface area contributed by atoms with Gasteiger partial charge in [-0.2, -0.15) is 0 Å². The van der Waals surface area contributed by atoms with Crippen LogP contribution in [0.2, 0.25) is 0 Å². The molecule has 1 aliphatic heterocycles. The molecule has 3 heteroatoms. The van der Waals surface area contributed by atoms with Crippen LogP contribution in [0.3, 0.4) is 0 Å². The molecule has 0 amide bonds. The van der Waals surface area contributed by atoms with Crippen LogP contribution in [0.15, 0.2) is 24.3 Å². The van der Waals surface area contributed by atoms with Crippen LogP contribution >= 0.6 is 0 Å². The molecular weight excluding hydrogens is 226 g/mol. The van der Waals surface area contributed by atoms with Crippen molar-refractivity contribution in [2.45, 2.75) is 25.4 Å². The first-order chi connectivity index (χ1) is 8.92. The first-order valence-electron chi connectivity index (χ1n) is 6.81. The van der Waals surface area contributed by atoms with Crippen molar-refractivity contribution >= 4 is 0 Å². The summed E-state index contributed by atoms with van der Waals surface area (Å²) < 4.78 is 10.9. The van der Waals surface area contributed by atoms with Crippen molar-refractivity contribution in [2.75, 3.05) is 33.4 Å². The molecule has 0 aromatic heterocycles. The summed E-state index contributed by atoms with van der Waals surface area (Å²) in [6.45, 7) is 3.63. The highest BCUT2D eigenvalue weighted by Crippen LogP contribution is 2.26. The summed E-state index contributed by atoms with van der Waals surface area (Å²) in [5.41, 5.74) is 2.79. The highest BCUT2D eigenvalue weighted by Gasteiger charge is 2.19. The second-order valence-electron chi connectivity index (χ2n) is 4.71. The Kier molecular flexibility index (Phi) is 5.65. The van der Waals surface area contributed by atoms with Crippen molar-refractivity contribution < 1.29 is 9.47 Å². The van der Waals surface area contributed by atoms with Gasteiger partial charge in [0.25, 0.3) is 0 Å². The minimum absolute atomic E-state index is 0.220. The van der Waals surface area contributed by atoms with E-state index in [1.165, 1.54) is 11.1 Å². The lowest BCUT2D eigenvalue weighted by atomic mass is 9.97.